The van der Waals surface area contributed by atoms with Crippen LogP contribution in [0.5, 0.6) is 0 Å². The lowest BCUT2D eigenvalue weighted by Crippen LogP contribution is -2.14. The van der Waals surface area contributed by atoms with E-state index < -0.39 is 21.7 Å². The largest absolute Gasteiger partial charge is 0.316 e. The third kappa shape index (κ3) is 4.45. The Morgan fingerprint density at radius 2 is 1.81 bits per heavy atom. The molecule has 0 amide bonds. The molecule has 0 aliphatic rings. The van der Waals surface area contributed by atoms with E-state index in [1.165, 1.54) is 18.3 Å². The molecule has 0 fully saturated rings. The van der Waals surface area contributed by atoms with Crippen molar-refractivity contribution in [2.24, 2.45) is 7.05 Å². The molecule has 4 aromatic rings. The predicted octanol–water partition coefficient (Wildman–Crippen LogP) is 4.21. The molecule has 0 bridgehead atoms. The molecule has 0 aliphatic heterocycles. The van der Waals surface area contributed by atoms with Crippen molar-refractivity contribution in [1.82, 2.24) is 19.1 Å². The Labute approximate surface area is 191 Å². The van der Waals surface area contributed by atoms with Crippen molar-refractivity contribution in [3.63, 3.8) is 0 Å². The normalized spacial score (nSPS) is 11.4. The van der Waals surface area contributed by atoms with Crippen LogP contribution < -0.4 is 5.32 Å². The summed E-state index contributed by atoms with van der Waals surface area (Å²) in [6, 6.07) is 11.1. The van der Waals surface area contributed by atoms with E-state index >= 15 is 0 Å². The van der Waals surface area contributed by atoms with E-state index in [4.69, 9.17) is 0 Å². The van der Waals surface area contributed by atoms with Gasteiger partial charge in [0.1, 0.15) is 11.6 Å². The maximum atomic E-state index is 14.5. The smallest absolute Gasteiger partial charge is 0.268 e. The zero-order valence-electron chi connectivity index (χ0n) is 17.3. The average Bonchev–Trinajstić information content (AvgIpc) is 3.35. The van der Waals surface area contributed by atoms with Crippen LogP contribution in [0.25, 0.3) is 22.4 Å². The molecule has 6 nitrogen and oxygen atoms in total. The Morgan fingerprint density at radius 1 is 1.03 bits per heavy atom. The highest BCUT2D eigenvalue weighted by molar-refractivity contribution is 7.90. The van der Waals surface area contributed by atoms with E-state index in [1.54, 1.807) is 55.4 Å². The SMILES string of the molecule is CNCc1cc(-c2ccc(F)cc2F)n(S(=O)(=O)c2cccc(-c3cnn(C)c3)c2)c1.Cl. The van der Waals surface area contributed by atoms with Crippen LogP contribution in [0.4, 0.5) is 8.78 Å². The predicted molar refractivity (Wildman–Crippen MR) is 121 cm³/mol. The van der Waals surface area contributed by atoms with Gasteiger partial charge in [-0.15, -0.1) is 12.4 Å². The Balaban J connectivity index is 0.00000289. The summed E-state index contributed by atoms with van der Waals surface area (Å²) in [6.45, 7) is 0.383. The molecule has 2 heterocycles. The van der Waals surface area contributed by atoms with Crippen LogP contribution in [-0.4, -0.2) is 29.2 Å². The Hall–Kier alpha value is -3.01. The molecule has 0 saturated heterocycles. The van der Waals surface area contributed by atoms with Crippen molar-refractivity contribution in [2.75, 3.05) is 7.05 Å². The lowest BCUT2D eigenvalue weighted by Gasteiger charge is -2.12. The van der Waals surface area contributed by atoms with Gasteiger partial charge in [0.15, 0.2) is 0 Å². The maximum Gasteiger partial charge on any atom is 0.268 e. The Kier molecular flexibility index (Phi) is 6.82. The quantitative estimate of drug-likeness (QED) is 0.450. The number of hydrogen-bond donors (Lipinski definition) is 1. The van der Waals surface area contributed by atoms with Gasteiger partial charge in [-0.1, -0.05) is 12.1 Å². The molecule has 168 valence electrons. The molecule has 10 heteroatoms. The number of rotatable bonds is 6. The Bertz CT molecular complexity index is 1370. The van der Waals surface area contributed by atoms with Crippen molar-refractivity contribution in [3.05, 3.63) is 84.3 Å². The minimum atomic E-state index is -4.06. The van der Waals surface area contributed by atoms with Gasteiger partial charge in [0, 0.05) is 43.2 Å². The molecule has 1 N–H and O–H groups in total. The minimum absolute atomic E-state index is 0. The molecule has 0 aliphatic carbocycles. The Morgan fingerprint density at radius 3 is 2.47 bits per heavy atom. The van der Waals surface area contributed by atoms with Gasteiger partial charge in [0.2, 0.25) is 0 Å². The van der Waals surface area contributed by atoms with Crippen molar-refractivity contribution in [3.8, 4) is 22.4 Å². The molecular formula is C22H21ClF2N4O2S. The highest BCUT2D eigenvalue weighted by atomic mass is 35.5. The first-order valence-electron chi connectivity index (χ1n) is 9.45. The third-order valence-electron chi connectivity index (χ3n) is 4.86. The second kappa shape index (κ2) is 9.23. The fourth-order valence-corrected chi connectivity index (χ4v) is 4.85. The summed E-state index contributed by atoms with van der Waals surface area (Å²) in [5, 5.41) is 7.07. The van der Waals surface area contributed by atoms with Crippen molar-refractivity contribution in [2.45, 2.75) is 11.4 Å². The first-order valence-corrected chi connectivity index (χ1v) is 10.9. The summed E-state index contributed by atoms with van der Waals surface area (Å²) >= 11 is 0. The first kappa shape index (κ1) is 23.6. The van der Waals surface area contributed by atoms with Crippen LogP contribution >= 0.6 is 12.4 Å². The van der Waals surface area contributed by atoms with Gasteiger partial charge >= 0.3 is 0 Å². The number of nitrogens with one attached hydrogen (secondary N) is 1. The van der Waals surface area contributed by atoms with E-state index in [2.05, 4.69) is 10.4 Å². The van der Waals surface area contributed by atoms with Gasteiger partial charge in [0.05, 0.1) is 16.8 Å². The molecule has 0 atom stereocenters. The highest BCUT2D eigenvalue weighted by Crippen LogP contribution is 2.31. The fourth-order valence-electron chi connectivity index (χ4n) is 3.41. The number of halogens is 3. The van der Waals surface area contributed by atoms with E-state index in [1.807, 2.05) is 0 Å². The zero-order valence-corrected chi connectivity index (χ0v) is 18.9. The lowest BCUT2D eigenvalue weighted by atomic mass is 10.1. The van der Waals surface area contributed by atoms with Crippen LogP contribution in [-0.2, 0) is 23.6 Å². The maximum absolute atomic E-state index is 14.5. The van der Waals surface area contributed by atoms with Gasteiger partial charge < -0.3 is 5.32 Å². The molecule has 2 aromatic heterocycles. The fraction of sp³-hybridized carbons (Fsp3) is 0.136. The van der Waals surface area contributed by atoms with E-state index in [9.17, 15) is 17.2 Å². The highest BCUT2D eigenvalue weighted by Gasteiger charge is 2.24. The number of benzene rings is 2. The number of hydrogen-bond acceptors (Lipinski definition) is 4. The second-order valence-electron chi connectivity index (χ2n) is 7.12. The number of aryl methyl sites for hydroxylation is 1. The van der Waals surface area contributed by atoms with Crippen LogP contribution in [0.1, 0.15) is 5.56 Å². The standard InChI is InChI=1S/C22H20F2N4O2S.ClH/c1-25-11-15-8-22(20-7-6-18(23)10-21(20)24)28(13-15)31(29,30)19-5-3-4-16(9-19)17-12-26-27(2)14-17;/h3-10,12-14,25H,11H2,1-2H3;1H. The minimum Gasteiger partial charge on any atom is -0.316 e. The van der Waals surface area contributed by atoms with E-state index in [0.717, 1.165) is 21.7 Å². The summed E-state index contributed by atoms with van der Waals surface area (Å²) in [5.41, 5.74) is 2.22. The first-order chi connectivity index (χ1) is 14.8. The molecule has 0 radical (unpaired) electrons. The third-order valence-corrected chi connectivity index (χ3v) is 6.53. The van der Waals surface area contributed by atoms with Crippen molar-refractivity contribution >= 4 is 22.4 Å². The van der Waals surface area contributed by atoms with Crippen molar-refractivity contribution < 1.29 is 17.2 Å². The van der Waals surface area contributed by atoms with Gasteiger partial charge in [0.25, 0.3) is 10.0 Å². The monoisotopic (exact) mass is 478 g/mol. The van der Waals surface area contributed by atoms with Crippen molar-refractivity contribution in [1.29, 1.82) is 0 Å². The number of nitrogens with zero attached hydrogens (tertiary/aromatic N) is 3. The van der Waals surface area contributed by atoms with Gasteiger partial charge in [-0.25, -0.2) is 21.2 Å². The average molecular weight is 479 g/mol. The molecule has 32 heavy (non-hydrogen) atoms. The van der Waals surface area contributed by atoms with E-state index in [0.29, 0.717) is 17.7 Å². The van der Waals surface area contributed by atoms with Gasteiger partial charge in [-0.2, -0.15) is 5.10 Å². The molecule has 0 spiro atoms. The summed E-state index contributed by atoms with van der Waals surface area (Å²) in [6.07, 6.45) is 4.87. The molecular weight excluding hydrogens is 458 g/mol. The molecule has 0 saturated carbocycles. The summed E-state index contributed by atoms with van der Waals surface area (Å²) in [5.74, 6) is -1.57. The zero-order chi connectivity index (χ0) is 22.2. The summed E-state index contributed by atoms with van der Waals surface area (Å²) < 4.78 is 57.7. The summed E-state index contributed by atoms with van der Waals surface area (Å²) in [7, 11) is -0.566. The van der Waals surface area contributed by atoms with Gasteiger partial charge in [-0.3, -0.25) is 4.68 Å². The van der Waals surface area contributed by atoms with Crippen LogP contribution in [0, 0.1) is 11.6 Å². The van der Waals surface area contributed by atoms with Crippen LogP contribution in [0.2, 0.25) is 0 Å². The second-order valence-corrected chi connectivity index (χ2v) is 8.93. The summed E-state index contributed by atoms with van der Waals surface area (Å²) in [4.78, 5) is 0.0456. The topological polar surface area (TPSA) is 68.9 Å². The van der Waals surface area contributed by atoms with E-state index in [-0.39, 0.29) is 28.6 Å². The van der Waals surface area contributed by atoms with Crippen LogP contribution in [0.15, 0.2) is 72.0 Å². The molecule has 0 unspecified atom stereocenters. The lowest BCUT2D eigenvalue weighted by molar-refractivity contribution is 0.583. The number of aromatic nitrogens is 3. The molecule has 2 aromatic carbocycles. The molecule has 4 rings (SSSR count). The van der Waals surface area contributed by atoms with Crippen LogP contribution in [0.3, 0.4) is 0 Å². The van der Waals surface area contributed by atoms with Gasteiger partial charge in [-0.05, 0) is 48.5 Å².